The lowest BCUT2D eigenvalue weighted by Crippen LogP contribution is -2.33. The summed E-state index contributed by atoms with van der Waals surface area (Å²) in [7, 11) is 0. The third-order valence-corrected chi connectivity index (χ3v) is 3.39. The number of aryl methyl sites for hydroxylation is 1. The predicted molar refractivity (Wildman–Crippen MR) is 82.2 cm³/mol. The molecule has 0 saturated carbocycles. The average molecular weight is 360 g/mol. The molecule has 1 aliphatic rings. The Bertz CT molecular complexity index is 710. The zero-order valence-electron chi connectivity index (χ0n) is 13.4. The van der Waals surface area contributed by atoms with Gasteiger partial charge in [-0.1, -0.05) is 0 Å². The Hall–Kier alpha value is -2.50. The van der Waals surface area contributed by atoms with Crippen LogP contribution >= 0.6 is 0 Å². The average Bonchev–Trinajstić information content (AvgIpc) is 2.90. The lowest BCUT2D eigenvalue weighted by molar-refractivity contribution is -0.143. The van der Waals surface area contributed by atoms with Crippen LogP contribution in [0.5, 0.6) is 0 Å². The van der Waals surface area contributed by atoms with E-state index in [1.807, 2.05) is 0 Å². The van der Waals surface area contributed by atoms with Gasteiger partial charge in [0.1, 0.15) is 12.3 Å². The second-order valence-corrected chi connectivity index (χ2v) is 5.38. The molecule has 3 atom stereocenters. The van der Waals surface area contributed by atoms with Crippen molar-refractivity contribution in [1.29, 1.82) is 0 Å². The summed E-state index contributed by atoms with van der Waals surface area (Å²) in [6.07, 6.45) is -1.17. The highest BCUT2D eigenvalue weighted by Crippen LogP contribution is 2.27. The van der Waals surface area contributed by atoms with E-state index in [4.69, 9.17) is 20.1 Å². The van der Waals surface area contributed by atoms with Crippen LogP contribution in [0.3, 0.4) is 0 Å². The molecule has 11 nitrogen and oxygen atoms in total. The molecule has 140 valence electrons. The van der Waals surface area contributed by atoms with Crippen molar-refractivity contribution in [2.24, 2.45) is 0 Å². The highest BCUT2D eigenvalue weighted by molar-refractivity contribution is 5.75. The first-order valence-electron chi connectivity index (χ1n) is 7.35. The third-order valence-electron chi connectivity index (χ3n) is 3.39. The SMILES string of the molecule is Cc1cn([C@H]2C[C@H](O)[C@@H](CO)O2)c(=O)[nH]c1=O.O=C(O)CCC(=O)O. The van der Waals surface area contributed by atoms with Crippen LogP contribution in [0, 0.1) is 6.92 Å². The molecule has 1 aliphatic heterocycles. The predicted octanol–water partition coefficient (Wildman–Crippen LogP) is -1.58. The zero-order chi connectivity index (χ0) is 19.1. The molecule has 0 spiro atoms. The van der Waals surface area contributed by atoms with Gasteiger partial charge in [-0.3, -0.25) is 23.9 Å². The number of aliphatic hydroxyl groups is 2. The van der Waals surface area contributed by atoms with Gasteiger partial charge in [-0.25, -0.2) is 4.79 Å². The summed E-state index contributed by atoms with van der Waals surface area (Å²) < 4.78 is 6.54. The normalized spacial score (nSPS) is 22.1. The molecular weight excluding hydrogens is 340 g/mol. The van der Waals surface area contributed by atoms with Crippen molar-refractivity contribution in [3.63, 3.8) is 0 Å². The molecule has 0 amide bonds. The highest BCUT2D eigenvalue weighted by atomic mass is 16.5. The molecule has 0 bridgehead atoms. The molecule has 1 fully saturated rings. The molecule has 0 radical (unpaired) electrons. The smallest absolute Gasteiger partial charge is 0.330 e. The number of nitrogens with zero attached hydrogens (tertiary/aromatic N) is 1. The molecule has 5 N–H and O–H groups in total. The number of carboxylic acid groups (broad SMARTS) is 2. The molecule has 0 aliphatic carbocycles. The Balaban J connectivity index is 0.000000333. The number of hydrogen-bond donors (Lipinski definition) is 5. The molecule has 1 saturated heterocycles. The molecule has 1 aromatic heterocycles. The molecular formula is C14H20N2O9. The second-order valence-electron chi connectivity index (χ2n) is 5.38. The molecule has 0 aromatic carbocycles. The molecule has 11 heteroatoms. The maximum atomic E-state index is 11.6. The quantitative estimate of drug-likeness (QED) is 0.414. The van der Waals surface area contributed by atoms with Crippen LogP contribution in [-0.4, -0.2) is 60.7 Å². The van der Waals surface area contributed by atoms with Crippen molar-refractivity contribution >= 4 is 11.9 Å². The van der Waals surface area contributed by atoms with E-state index < -0.39 is 41.6 Å². The number of rotatable bonds is 5. The number of ether oxygens (including phenoxy) is 1. The largest absolute Gasteiger partial charge is 0.481 e. The topological polar surface area (TPSA) is 179 Å². The van der Waals surface area contributed by atoms with Crippen molar-refractivity contribution in [2.45, 2.75) is 44.6 Å². The number of aromatic amines is 1. The fourth-order valence-corrected chi connectivity index (χ4v) is 2.06. The number of aliphatic carboxylic acids is 2. The summed E-state index contributed by atoms with van der Waals surface area (Å²) >= 11 is 0. The van der Waals surface area contributed by atoms with Crippen molar-refractivity contribution < 1.29 is 34.8 Å². The van der Waals surface area contributed by atoms with Crippen molar-refractivity contribution in [2.75, 3.05) is 6.61 Å². The monoisotopic (exact) mass is 360 g/mol. The molecule has 2 rings (SSSR count). The summed E-state index contributed by atoms with van der Waals surface area (Å²) in [6.45, 7) is 1.26. The first-order valence-corrected chi connectivity index (χ1v) is 7.35. The van der Waals surface area contributed by atoms with Gasteiger partial charge in [-0.2, -0.15) is 0 Å². The Morgan fingerprint density at radius 1 is 1.28 bits per heavy atom. The van der Waals surface area contributed by atoms with Crippen LogP contribution in [0.15, 0.2) is 15.8 Å². The van der Waals surface area contributed by atoms with Gasteiger partial charge in [0.25, 0.3) is 5.56 Å². The van der Waals surface area contributed by atoms with Gasteiger partial charge < -0.3 is 25.2 Å². The number of aliphatic hydroxyl groups excluding tert-OH is 2. The van der Waals surface area contributed by atoms with Gasteiger partial charge in [-0.15, -0.1) is 0 Å². The number of H-pyrrole nitrogens is 1. The van der Waals surface area contributed by atoms with E-state index in [-0.39, 0.29) is 25.9 Å². The van der Waals surface area contributed by atoms with E-state index in [0.29, 0.717) is 5.56 Å². The van der Waals surface area contributed by atoms with E-state index in [1.54, 1.807) is 6.92 Å². The number of nitrogens with one attached hydrogen (secondary N) is 1. The van der Waals surface area contributed by atoms with Crippen molar-refractivity contribution in [3.8, 4) is 0 Å². The fraction of sp³-hybridized carbons (Fsp3) is 0.571. The fourth-order valence-electron chi connectivity index (χ4n) is 2.06. The van der Waals surface area contributed by atoms with Crippen LogP contribution < -0.4 is 11.2 Å². The highest BCUT2D eigenvalue weighted by Gasteiger charge is 2.34. The van der Waals surface area contributed by atoms with Crippen LogP contribution in [0.2, 0.25) is 0 Å². The van der Waals surface area contributed by atoms with Gasteiger partial charge in [-0.05, 0) is 6.92 Å². The summed E-state index contributed by atoms with van der Waals surface area (Å²) in [5.74, 6) is -2.15. The maximum Gasteiger partial charge on any atom is 0.330 e. The molecule has 1 aromatic rings. The summed E-state index contributed by atoms with van der Waals surface area (Å²) in [5, 5.41) is 34.3. The van der Waals surface area contributed by atoms with Crippen LogP contribution in [0.4, 0.5) is 0 Å². The Morgan fingerprint density at radius 3 is 2.28 bits per heavy atom. The van der Waals surface area contributed by atoms with Crippen LogP contribution in [0.25, 0.3) is 0 Å². The standard InChI is InChI=1S/C10H14N2O5.C4H6O4/c1-5-3-12(10(16)11-9(5)15)8-2-6(14)7(4-13)17-8;5-3(6)1-2-4(7)8/h3,6-8,13-14H,2,4H2,1H3,(H,11,15,16);1-2H2,(H,5,6)(H,7,8)/t6-,7+,8+;/m0./s1. The minimum absolute atomic E-state index is 0.205. The molecule has 2 heterocycles. The van der Waals surface area contributed by atoms with Gasteiger partial charge in [0.05, 0.1) is 25.6 Å². The summed E-state index contributed by atoms with van der Waals surface area (Å²) in [5.41, 5.74) is -0.643. The first-order chi connectivity index (χ1) is 11.6. The van der Waals surface area contributed by atoms with E-state index in [1.165, 1.54) is 10.8 Å². The van der Waals surface area contributed by atoms with Crippen molar-refractivity contribution in [1.82, 2.24) is 9.55 Å². The Labute approximate surface area is 141 Å². The maximum absolute atomic E-state index is 11.6. The number of carbonyl (C=O) groups is 2. The molecule has 0 unspecified atom stereocenters. The lowest BCUT2D eigenvalue weighted by Gasteiger charge is -2.14. The third kappa shape index (κ3) is 6.14. The van der Waals surface area contributed by atoms with Crippen LogP contribution in [0.1, 0.15) is 31.1 Å². The first kappa shape index (κ1) is 20.5. The minimum Gasteiger partial charge on any atom is -0.481 e. The Morgan fingerprint density at radius 2 is 1.84 bits per heavy atom. The van der Waals surface area contributed by atoms with E-state index >= 15 is 0 Å². The Kier molecular flexibility index (Phi) is 7.48. The lowest BCUT2D eigenvalue weighted by atomic mass is 10.2. The number of hydrogen-bond acceptors (Lipinski definition) is 7. The second kappa shape index (κ2) is 9.11. The minimum atomic E-state index is -1.08. The van der Waals surface area contributed by atoms with Gasteiger partial charge in [0, 0.05) is 18.2 Å². The number of carboxylic acids is 2. The number of aromatic nitrogens is 2. The van der Waals surface area contributed by atoms with E-state index in [9.17, 15) is 24.3 Å². The van der Waals surface area contributed by atoms with Gasteiger partial charge in [0.15, 0.2) is 0 Å². The summed E-state index contributed by atoms with van der Waals surface area (Å²) in [6, 6.07) is 0. The van der Waals surface area contributed by atoms with Crippen molar-refractivity contribution in [3.05, 3.63) is 32.6 Å². The van der Waals surface area contributed by atoms with Crippen LogP contribution in [-0.2, 0) is 14.3 Å². The van der Waals surface area contributed by atoms with Gasteiger partial charge >= 0.3 is 17.6 Å². The molecule has 25 heavy (non-hydrogen) atoms. The van der Waals surface area contributed by atoms with E-state index in [0.717, 1.165) is 0 Å². The zero-order valence-corrected chi connectivity index (χ0v) is 13.4. The van der Waals surface area contributed by atoms with E-state index in [2.05, 4.69) is 4.98 Å². The summed E-state index contributed by atoms with van der Waals surface area (Å²) in [4.78, 5) is 44.2. The van der Waals surface area contributed by atoms with Gasteiger partial charge in [0.2, 0.25) is 0 Å².